The van der Waals surface area contributed by atoms with E-state index in [4.69, 9.17) is 0 Å². The van der Waals surface area contributed by atoms with Crippen LogP contribution in [-0.2, 0) is 0 Å². The Balaban J connectivity index is 1.71. The molecule has 1 aliphatic carbocycles. The monoisotopic (exact) mass is 267 g/mol. The molecule has 3 nitrogen and oxygen atoms in total. The lowest BCUT2D eigenvalue weighted by Gasteiger charge is -2.39. The summed E-state index contributed by atoms with van der Waals surface area (Å²) in [7, 11) is 2.25. The summed E-state index contributed by atoms with van der Waals surface area (Å²) in [6.45, 7) is 10.7. The molecular weight excluding hydrogens is 234 g/mol. The molecule has 2 fully saturated rings. The zero-order chi connectivity index (χ0) is 13.7. The highest BCUT2D eigenvalue weighted by atomic mass is 15.2. The third-order valence-electron chi connectivity index (χ3n) is 5.32. The van der Waals surface area contributed by atoms with Gasteiger partial charge in [0.1, 0.15) is 0 Å². The second-order valence-electron chi connectivity index (χ2n) is 7.29. The molecule has 2 N–H and O–H groups in total. The van der Waals surface area contributed by atoms with E-state index in [9.17, 15) is 0 Å². The van der Waals surface area contributed by atoms with Gasteiger partial charge in [0.2, 0.25) is 0 Å². The third kappa shape index (κ3) is 4.44. The topological polar surface area (TPSA) is 27.3 Å². The normalized spacial score (nSPS) is 27.6. The fourth-order valence-electron chi connectivity index (χ4n) is 3.68. The first kappa shape index (κ1) is 15.3. The van der Waals surface area contributed by atoms with Crippen molar-refractivity contribution in [3.8, 4) is 0 Å². The minimum atomic E-state index is 0.459. The van der Waals surface area contributed by atoms with Gasteiger partial charge in [-0.3, -0.25) is 4.90 Å². The lowest BCUT2D eigenvalue weighted by Crippen LogP contribution is -2.54. The molecule has 1 heterocycles. The van der Waals surface area contributed by atoms with Crippen molar-refractivity contribution in [3.05, 3.63) is 0 Å². The number of rotatable bonds is 5. The van der Waals surface area contributed by atoms with Crippen LogP contribution >= 0.6 is 0 Å². The maximum atomic E-state index is 3.74. The molecule has 2 rings (SSSR count). The Kier molecular flexibility index (Phi) is 5.67. The summed E-state index contributed by atoms with van der Waals surface area (Å²) < 4.78 is 0. The van der Waals surface area contributed by atoms with E-state index in [1.807, 2.05) is 0 Å². The van der Waals surface area contributed by atoms with Crippen LogP contribution in [0.4, 0.5) is 0 Å². The molecular formula is C16H33N3. The highest BCUT2D eigenvalue weighted by Crippen LogP contribution is 2.37. The van der Waals surface area contributed by atoms with E-state index in [1.54, 1.807) is 0 Å². The highest BCUT2D eigenvalue weighted by Gasteiger charge is 2.30. The second kappa shape index (κ2) is 7.05. The summed E-state index contributed by atoms with van der Waals surface area (Å²) in [6, 6.07) is 0.663. The summed E-state index contributed by atoms with van der Waals surface area (Å²) in [5, 5.41) is 7.24. The van der Waals surface area contributed by atoms with Crippen molar-refractivity contribution in [2.45, 2.75) is 52.0 Å². The lowest BCUT2D eigenvalue weighted by atomic mass is 9.71. The van der Waals surface area contributed by atoms with Gasteiger partial charge in [0, 0.05) is 38.8 Å². The van der Waals surface area contributed by atoms with E-state index >= 15 is 0 Å². The summed E-state index contributed by atoms with van der Waals surface area (Å²) in [6.07, 6.45) is 7.24. The van der Waals surface area contributed by atoms with Gasteiger partial charge in [0.25, 0.3) is 0 Å². The Bertz CT molecular complexity index is 259. The predicted octanol–water partition coefficient (Wildman–Crippen LogP) is 2.09. The molecule has 3 heteroatoms. The van der Waals surface area contributed by atoms with Gasteiger partial charge in [-0.05, 0) is 31.2 Å². The Morgan fingerprint density at radius 3 is 2.63 bits per heavy atom. The quantitative estimate of drug-likeness (QED) is 0.799. The number of hydrogen-bond donors (Lipinski definition) is 2. The van der Waals surface area contributed by atoms with E-state index in [2.05, 4.69) is 36.4 Å². The molecule has 1 saturated carbocycles. The zero-order valence-electron chi connectivity index (χ0n) is 13.2. The van der Waals surface area contributed by atoms with Crippen molar-refractivity contribution in [2.24, 2.45) is 11.3 Å². The van der Waals surface area contributed by atoms with Crippen molar-refractivity contribution in [1.29, 1.82) is 0 Å². The van der Waals surface area contributed by atoms with Crippen LogP contribution in [0.15, 0.2) is 0 Å². The fraction of sp³-hybridized carbons (Fsp3) is 1.00. The van der Waals surface area contributed by atoms with E-state index in [-0.39, 0.29) is 0 Å². The number of hydrogen-bond acceptors (Lipinski definition) is 3. The highest BCUT2D eigenvalue weighted by molar-refractivity contribution is 4.85. The SMILES string of the molecule is CN1CCNCC1CNCC(C)(C)C1CCCCC1. The molecule has 112 valence electrons. The van der Waals surface area contributed by atoms with Crippen LogP contribution in [0, 0.1) is 11.3 Å². The van der Waals surface area contributed by atoms with Gasteiger partial charge < -0.3 is 10.6 Å². The Labute approximate surface area is 119 Å². The maximum absolute atomic E-state index is 3.74. The summed E-state index contributed by atoms with van der Waals surface area (Å²) in [5.41, 5.74) is 0.459. The van der Waals surface area contributed by atoms with Crippen LogP contribution in [0.2, 0.25) is 0 Å². The van der Waals surface area contributed by atoms with Gasteiger partial charge in [0.15, 0.2) is 0 Å². The van der Waals surface area contributed by atoms with Crippen LogP contribution in [-0.4, -0.2) is 50.7 Å². The van der Waals surface area contributed by atoms with Crippen molar-refractivity contribution < 1.29 is 0 Å². The third-order valence-corrected chi connectivity index (χ3v) is 5.32. The van der Waals surface area contributed by atoms with Gasteiger partial charge in [-0.15, -0.1) is 0 Å². The minimum Gasteiger partial charge on any atom is -0.315 e. The summed E-state index contributed by atoms with van der Waals surface area (Å²) in [4.78, 5) is 2.48. The first-order valence-corrected chi connectivity index (χ1v) is 8.21. The molecule has 0 aromatic heterocycles. The minimum absolute atomic E-state index is 0.459. The predicted molar refractivity (Wildman–Crippen MR) is 82.5 cm³/mol. The van der Waals surface area contributed by atoms with Crippen molar-refractivity contribution >= 4 is 0 Å². The van der Waals surface area contributed by atoms with Crippen molar-refractivity contribution in [2.75, 3.05) is 39.8 Å². The first-order chi connectivity index (χ1) is 9.09. The van der Waals surface area contributed by atoms with Crippen LogP contribution in [0.5, 0.6) is 0 Å². The molecule has 0 bridgehead atoms. The number of piperazine rings is 1. The average molecular weight is 267 g/mol. The molecule has 0 aromatic carbocycles. The van der Waals surface area contributed by atoms with Gasteiger partial charge in [-0.1, -0.05) is 33.1 Å². The molecule has 0 aromatic rings. The van der Waals surface area contributed by atoms with Gasteiger partial charge in [-0.2, -0.15) is 0 Å². The standard InChI is InChI=1S/C16H33N3/c1-16(2,14-7-5-4-6-8-14)13-18-12-15-11-17-9-10-19(15)3/h14-15,17-18H,4-13H2,1-3H3. The smallest absolute Gasteiger partial charge is 0.0342 e. The van der Waals surface area contributed by atoms with Gasteiger partial charge in [-0.25, -0.2) is 0 Å². The van der Waals surface area contributed by atoms with E-state index in [1.165, 1.54) is 45.2 Å². The van der Waals surface area contributed by atoms with E-state index in [0.717, 1.165) is 25.6 Å². The van der Waals surface area contributed by atoms with Crippen LogP contribution < -0.4 is 10.6 Å². The summed E-state index contributed by atoms with van der Waals surface area (Å²) in [5.74, 6) is 0.927. The Morgan fingerprint density at radius 1 is 1.21 bits per heavy atom. The average Bonchev–Trinajstić information content (AvgIpc) is 2.42. The Hall–Kier alpha value is -0.120. The molecule has 19 heavy (non-hydrogen) atoms. The van der Waals surface area contributed by atoms with Crippen LogP contribution in [0.25, 0.3) is 0 Å². The molecule has 2 aliphatic rings. The fourth-order valence-corrected chi connectivity index (χ4v) is 3.68. The molecule has 1 unspecified atom stereocenters. The van der Waals surface area contributed by atoms with Gasteiger partial charge in [0.05, 0.1) is 0 Å². The number of nitrogens with one attached hydrogen (secondary N) is 2. The molecule has 0 amide bonds. The summed E-state index contributed by atoms with van der Waals surface area (Å²) >= 11 is 0. The van der Waals surface area contributed by atoms with Crippen LogP contribution in [0.3, 0.4) is 0 Å². The van der Waals surface area contributed by atoms with E-state index < -0.39 is 0 Å². The number of nitrogens with zero attached hydrogens (tertiary/aromatic N) is 1. The Morgan fingerprint density at radius 2 is 1.95 bits per heavy atom. The van der Waals surface area contributed by atoms with Crippen LogP contribution in [0.1, 0.15) is 46.0 Å². The second-order valence-corrected chi connectivity index (χ2v) is 7.29. The first-order valence-electron chi connectivity index (χ1n) is 8.21. The van der Waals surface area contributed by atoms with Gasteiger partial charge >= 0.3 is 0 Å². The molecule has 1 saturated heterocycles. The molecule has 1 atom stereocenters. The largest absolute Gasteiger partial charge is 0.315 e. The molecule has 0 spiro atoms. The lowest BCUT2D eigenvalue weighted by molar-refractivity contribution is 0.143. The number of likely N-dealkylation sites (N-methyl/N-ethyl adjacent to an activating group) is 1. The van der Waals surface area contributed by atoms with Crippen molar-refractivity contribution in [1.82, 2.24) is 15.5 Å². The molecule has 0 radical (unpaired) electrons. The van der Waals surface area contributed by atoms with E-state index in [0.29, 0.717) is 11.5 Å². The zero-order valence-corrected chi connectivity index (χ0v) is 13.2. The molecule has 1 aliphatic heterocycles. The van der Waals surface area contributed by atoms with Crippen molar-refractivity contribution in [3.63, 3.8) is 0 Å². The maximum Gasteiger partial charge on any atom is 0.0342 e.